The molecule has 132 valence electrons. The first-order valence-electron chi connectivity index (χ1n) is 7.66. The number of halogens is 1. The van der Waals surface area contributed by atoms with Crippen molar-refractivity contribution in [2.24, 2.45) is 0 Å². The summed E-state index contributed by atoms with van der Waals surface area (Å²) in [5.74, 6) is -0.160. The summed E-state index contributed by atoms with van der Waals surface area (Å²) in [6.45, 7) is 18.2. The number of aryl methyl sites for hydroxylation is 1. The first kappa shape index (κ1) is 22.0. The van der Waals surface area contributed by atoms with E-state index in [1.165, 1.54) is 23.8 Å². The Morgan fingerprint density at radius 3 is 2.20 bits per heavy atom. The van der Waals surface area contributed by atoms with Crippen molar-refractivity contribution in [2.45, 2.75) is 20.3 Å². The Morgan fingerprint density at radius 2 is 1.80 bits per heavy atom. The molecule has 4 heteroatoms. The molecule has 0 N–H and O–H groups in total. The van der Waals surface area contributed by atoms with E-state index in [1.807, 2.05) is 6.92 Å². The van der Waals surface area contributed by atoms with Gasteiger partial charge in [-0.2, -0.15) is 0 Å². The molecule has 0 aliphatic heterocycles. The number of hydrogen-bond acceptors (Lipinski definition) is 2. The second-order valence-electron chi connectivity index (χ2n) is 5.21. The molecule has 1 aromatic rings. The van der Waals surface area contributed by atoms with E-state index in [1.54, 1.807) is 37.3 Å². The van der Waals surface area contributed by atoms with Crippen molar-refractivity contribution in [1.29, 1.82) is 0 Å². The van der Waals surface area contributed by atoms with Crippen molar-refractivity contribution in [3.05, 3.63) is 119 Å². The van der Waals surface area contributed by atoms with Gasteiger partial charge < -0.3 is 0 Å². The van der Waals surface area contributed by atoms with Crippen LogP contribution in [0, 0.1) is 15.9 Å². The van der Waals surface area contributed by atoms with E-state index in [0.29, 0.717) is 11.1 Å². The normalized spacial score (nSPS) is 10.6. The van der Waals surface area contributed by atoms with Gasteiger partial charge in [0, 0.05) is 6.08 Å². The van der Waals surface area contributed by atoms with Crippen LogP contribution < -0.4 is 0 Å². The van der Waals surface area contributed by atoms with Crippen molar-refractivity contribution in [3.8, 4) is 0 Å². The van der Waals surface area contributed by atoms with Crippen LogP contribution in [0.5, 0.6) is 0 Å². The molecule has 0 amide bonds. The zero-order chi connectivity index (χ0) is 19.4. The lowest BCUT2D eigenvalue weighted by Gasteiger charge is -2.02. The number of allylic oxidation sites excluding steroid dienone is 6. The maximum atomic E-state index is 12.2. The van der Waals surface area contributed by atoms with Crippen molar-refractivity contribution >= 4 is 0 Å². The zero-order valence-corrected chi connectivity index (χ0v) is 14.8. The molecule has 3 nitrogen and oxygen atoms in total. The smallest absolute Gasteiger partial charge is 0.258 e. The molecule has 1 rings (SSSR count). The molecule has 0 fully saturated rings. The lowest BCUT2D eigenvalue weighted by Crippen LogP contribution is -2.02. The highest BCUT2D eigenvalue weighted by Gasteiger charge is 2.16. The minimum absolute atomic E-state index is 0.0915. The Hall–Kier alpha value is -3.01. The summed E-state index contributed by atoms with van der Waals surface area (Å²) in [6.07, 6.45) is 7.17. The van der Waals surface area contributed by atoms with E-state index in [-0.39, 0.29) is 17.1 Å². The van der Waals surface area contributed by atoms with Crippen LogP contribution in [0.4, 0.5) is 4.39 Å². The van der Waals surface area contributed by atoms with Gasteiger partial charge in [-0.25, -0.2) is 4.39 Å². The summed E-state index contributed by atoms with van der Waals surface area (Å²) < 4.78 is 12.2. The molecule has 0 unspecified atom stereocenters. The molecule has 0 atom stereocenters. The number of nitro groups is 1. The summed E-state index contributed by atoms with van der Waals surface area (Å²) in [5, 5.41) is 10.8. The SMILES string of the molecule is C=C/C=C\C(=C)C(=C)/C(=C\C(=C)C)[N+](=O)[O-].CCc1ccc(F)cc1. The lowest BCUT2D eigenvalue weighted by atomic mass is 10.0. The third-order valence-corrected chi connectivity index (χ3v) is 3.03. The highest BCUT2D eigenvalue weighted by Crippen LogP contribution is 2.19. The topological polar surface area (TPSA) is 43.1 Å². The van der Waals surface area contributed by atoms with Gasteiger partial charge in [0.2, 0.25) is 0 Å². The molecule has 0 spiro atoms. The predicted molar refractivity (Wildman–Crippen MR) is 103 cm³/mol. The van der Waals surface area contributed by atoms with Gasteiger partial charge in [0.05, 0.1) is 10.5 Å². The van der Waals surface area contributed by atoms with E-state index >= 15 is 0 Å². The van der Waals surface area contributed by atoms with Crippen LogP contribution in [0.2, 0.25) is 0 Å². The van der Waals surface area contributed by atoms with Gasteiger partial charge in [-0.15, -0.1) is 0 Å². The molecule has 0 saturated heterocycles. The first-order valence-corrected chi connectivity index (χ1v) is 7.66. The molecular weight excluding hydrogens is 317 g/mol. The minimum Gasteiger partial charge on any atom is -0.258 e. The third-order valence-electron chi connectivity index (χ3n) is 3.03. The summed E-state index contributed by atoms with van der Waals surface area (Å²) >= 11 is 0. The Kier molecular flexibility index (Phi) is 10.1. The standard InChI is InChI=1S/C13H15NO2.C8H9F/c1-6-7-8-11(4)12(5)13(14(15)16)9-10(2)3;1-2-7-3-5-8(9)6-4-7/h6-9H,1-2,4-5H2,3H3;3-6H,2H2,1H3/b8-7-,13-9+;. The molecule has 0 heterocycles. The number of benzene rings is 1. The third kappa shape index (κ3) is 9.01. The molecule has 0 radical (unpaired) electrons. The Labute approximate surface area is 149 Å². The van der Waals surface area contributed by atoms with Gasteiger partial charge >= 0.3 is 0 Å². The molecular formula is C21H24FNO2. The van der Waals surface area contributed by atoms with Crippen molar-refractivity contribution in [1.82, 2.24) is 0 Å². The quantitative estimate of drug-likeness (QED) is 0.348. The fourth-order valence-corrected chi connectivity index (χ4v) is 1.65. The summed E-state index contributed by atoms with van der Waals surface area (Å²) in [6, 6.07) is 6.57. The van der Waals surface area contributed by atoms with Crippen LogP contribution in [-0.2, 0) is 6.42 Å². The fraction of sp³-hybridized carbons (Fsp3) is 0.143. The number of hydrogen-bond donors (Lipinski definition) is 0. The molecule has 0 saturated carbocycles. The zero-order valence-electron chi connectivity index (χ0n) is 14.8. The summed E-state index contributed by atoms with van der Waals surface area (Å²) in [4.78, 5) is 10.3. The first-order chi connectivity index (χ1) is 11.7. The van der Waals surface area contributed by atoms with Crippen LogP contribution in [0.1, 0.15) is 19.4 Å². The molecule has 0 aliphatic rings. The maximum Gasteiger partial charge on any atom is 0.276 e. The van der Waals surface area contributed by atoms with E-state index in [9.17, 15) is 14.5 Å². The van der Waals surface area contributed by atoms with Crippen molar-refractivity contribution < 1.29 is 9.31 Å². The Balaban J connectivity index is 0.000000535. The van der Waals surface area contributed by atoms with Crippen LogP contribution in [-0.4, -0.2) is 4.92 Å². The lowest BCUT2D eigenvalue weighted by molar-refractivity contribution is -0.420. The van der Waals surface area contributed by atoms with Crippen LogP contribution in [0.25, 0.3) is 0 Å². The van der Waals surface area contributed by atoms with Gasteiger partial charge in [0.1, 0.15) is 5.82 Å². The summed E-state index contributed by atoms with van der Waals surface area (Å²) in [5.41, 5.74) is 2.42. The van der Waals surface area contributed by atoms with E-state index < -0.39 is 4.92 Å². The molecule has 0 aliphatic carbocycles. The highest BCUT2D eigenvalue weighted by molar-refractivity contribution is 5.47. The van der Waals surface area contributed by atoms with Crippen molar-refractivity contribution in [3.63, 3.8) is 0 Å². The molecule has 25 heavy (non-hydrogen) atoms. The van der Waals surface area contributed by atoms with Crippen LogP contribution in [0.15, 0.2) is 97.3 Å². The number of rotatable bonds is 7. The monoisotopic (exact) mass is 341 g/mol. The van der Waals surface area contributed by atoms with Gasteiger partial charge in [-0.3, -0.25) is 10.1 Å². The van der Waals surface area contributed by atoms with Gasteiger partial charge in [0.25, 0.3) is 5.70 Å². The van der Waals surface area contributed by atoms with Crippen LogP contribution >= 0.6 is 0 Å². The van der Waals surface area contributed by atoms with Crippen LogP contribution in [0.3, 0.4) is 0 Å². The van der Waals surface area contributed by atoms with Crippen molar-refractivity contribution in [2.75, 3.05) is 0 Å². The van der Waals surface area contributed by atoms with Gasteiger partial charge in [-0.05, 0) is 36.6 Å². The van der Waals surface area contributed by atoms with Gasteiger partial charge in [-0.1, -0.05) is 69.2 Å². The second-order valence-corrected chi connectivity index (χ2v) is 5.21. The predicted octanol–water partition coefficient (Wildman–Crippen LogP) is 5.97. The molecule has 0 aromatic heterocycles. The Bertz CT molecular complexity index is 710. The fourth-order valence-electron chi connectivity index (χ4n) is 1.65. The van der Waals surface area contributed by atoms with E-state index in [2.05, 4.69) is 26.3 Å². The number of nitrogens with zero attached hydrogens (tertiary/aromatic N) is 1. The highest BCUT2D eigenvalue weighted by atomic mass is 19.1. The van der Waals surface area contributed by atoms with Gasteiger partial charge in [0.15, 0.2) is 0 Å². The summed E-state index contributed by atoms with van der Waals surface area (Å²) in [7, 11) is 0. The molecule has 0 bridgehead atoms. The average Bonchev–Trinajstić information content (AvgIpc) is 2.57. The largest absolute Gasteiger partial charge is 0.276 e. The average molecular weight is 341 g/mol. The molecule has 1 aromatic carbocycles. The second kappa shape index (κ2) is 11.5. The minimum atomic E-state index is -0.496. The Morgan fingerprint density at radius 1 is 1.24 bits per heavy atom. The van der Waals surface area contributed by atoms with E-state index in [4.69, 9.17) is 0 Å². The van der Waals surface area contributed by atoms with E-state index in [0.717, 1.165) is 6.42 Å². The maximum absolute atomic E-state index is 12.2.